The minimum absolute atomic E-state index is 0.269. The van der Waals surface area contributed by atoms with E-state index in [-0.39, 0.29) is 5.56 Å². The average molecular weight is 322 g/mol. The van der Waals surface area contributed by atoms with E-state index >= 15 is 0 Å². The highest BCUT2D eigenvalue weighted by Crippen LogP contribution is 2.28. The summed E-state index contributed by atoms with van der Waals surface area (Å²) in [5.74, 6) is 0.908. The van der Waals surface area contributed by atoms with Crippen molar-refractivity contribution in [1.29, 1.82) is 0 Å². The van der Waals surface area contributed by atoms with Crippen LogP contribution in [0.5, 0.6) is 0 Å². The van der Waals surface area contributed by atoms with Gasteiger partial charge in [-0.25, -0.2) is 0 Å². The van der Waals surface area contributed by atoms with E-state index in [0.717, 1.165) is 0 Å². The van der Waals surface area contributed by atoms with Crippen LogP contribution in [-0.4, -0.2) is 24.7 Å². The zero-order chi connectivity index (χ0) is 15.0. The van der Waals surface area contributed by atoms with Crippen molar-refractivity contribution >= 4 is 23.2 Å². The van der Waals surface area contributed by atoms with Gasteiger partial charge in [0.1, 0.15) is 11.4 Å². The minimum atomic E-state index is -0.269. The smallest absolute Gasteiger partial charge is 0.248 e. The molecule has 0 aliphatic rings. The molecule has 0 aliphatic carbocycles. The molecule has 3 heterocycles. The van der Waals surface area contributed by atoms with E-state index < -0.39 is 0 Å². The van der Waals surface area contributed by atoms with Gasteiger partial charge in [-0.3, -0.25) is 9.78 Å². The van der Waals surface area contributed by atoms with E-state index in [1.165, 1.54) is 12.1 Å². The molecule has 6 nitrogen and oxygen atoms in total. The molecule has 0 radical (unpaired) electrons. The largest absolute Gasteiger partial charge is 0.318 e. The molecule has 3 aromatic rings. The first-order valence-corrected chi connectivity index (χ1v) is 6.73. The molecule has 0 amide bonds. The number of hydrogen-bond acceptors (Lipinski definition) is 4. The summed E-state index contributed by atoms with van der Waals surface area (Å²) in [5, 5.41) is 8.99. The van der Waals surface area contributed by atoms with Gasteiger partial charge in [0.25, 0.3) is 0 Å². The first-order chi connectivity index (χ1) is 10.1. The third-order valence-corrected chi connectivity index (χ3v) is 3.56. The van der Waals surface area contributed by atoms with Crippen LogP contribution in [0, 0.1) is 0 Å². The Labute approximate surface area is 129 Å². The summed E-state index contributed by atoms with van der Waals surface area (Å²) in [6, 6.07) is 6.31. The van der Waals surface area contributed by atoms with Crippen molar-refractivity contribution in [3.63, 3.8) is 0 Å². The predicted molar refractivity (Wildman–Crippen MR) is 80.3 cm³/mol. The van der Waals surface area contributed by atoms with Gasteiger partial charge < -0.3 is 9.55 Å². The molecule has 0 fully saturated rings. The van der Waals surface area contributed by atoms with Gasteiger partial charge in [-0.15, -0.1) is 10.2 Å². The van der Waals surface area contributed by atoms with Crippen LogP contribution in [0.4, 0.5) is 0 Å². The summed E-state index contributed by atoms with van der Waals surface area (Å²) in [6.07, 6.45) is 1.62. The van der Waals surface area contributed by atoms with E-state index in [1.807, 2.05) is 0 Å². The minimum Gasteiger partial charge on any atom is -0.318 e. The zero-order valence-electron chi connectivity index (χ0n) is 10.8. The SMILES string of the molecule is Cn1c(-c2ncccc2Cl)nnc1-c1[nH]c(=O)ccc1Cl. The third-order valence-electron chi connectivity index (χ3n) is 2.94. The number of aromatic nitrogens is 5. The van der Waals surface area contributed by atoms with Crippen LogP contribution in [0.3, 0.4) is 0 Å². The van der Waals surface area contributed by atoms with E-state index in [1.54, 1.807) is 29.9 Å². The summed E-state index contributed by atoms with van der Waals surface area (Å²) >= 11 is 12.2. The molecule has 0 saturated heterocycles. The Kier molecular flexibility index (Phi) is 3.48. The van der Waals surface area contributed by atoms with Crippen molar-refractivity contribution in [3.8, 4) is 23.0 Å². The highest BCUT2D eigenvalue weighted by Gasteiger charge is 2.18. The lowest BCUT2D eigenvalue weighted by atomic mass is 10.3. The summed E-state index contributed by atoms with van der Waals surface area (Å²) < 4.78 is 1.67. The van der Waals surface area contributed by atoms with Gasteiger partial charge in [-0.2, -0.15) is 0 Å². The van der Waals surface area contributed by atoms with Crippen molar-refractivity contribution in [2.45, 2.75) is 0 Å². The molecule has 3 rings (SSSR count). The van der Waals surface area contributed by atoms with Gasteiger partial charge in [0.2, 0.25) is 5.56 Å². The van der Waals surface area contributed by atoms with Gasteiger partial charge >= 0.3 is 0 Å². The first-order valence-electron chi connectivity index (χ1n) is 5.97. The predicted octanol–water partition coefficient (Wildman–Crippen LogP) is 2.54. The molecule has 3 aromatic heterocycles. The highest BCUT2D eigenvalue weighted by atomic mass is 35.5. The highest BCUT2D eigenvalue weighted by molar-refractivity contribution is 6.33. The number of aromatic amines is 1. The Balaban J connectivity index is 2.18. The Morgan fingerprint density at radius 2 is 1.86 bits per heavy atom. The summed E-state index contributed by atoms with van der Waals surface area (Å²) in [4.78, 5) is 18.3. The summed E-state index contributed by atoms with van der Waals surface area (Å²) in [6.45, 7) is 0. The van der Waals surface area contributed by atoms with Crippen LogP contribution in [0.15, 0.2) is 35.3 Å². The van der Waals surface area contributed by atoms with E-state index in [2.05, 4.69) is 20.2 Å². The van der Waals surface area contributed by atoms with Crippen molar-refractivity contribution < 1.29 is 0 Å². The van der Waals surface area contributed by atoms with Crippen LogP contribution in [-0.2, 0) is 7.05 Å². The fourth-order valence-corrected chi connectivity index (χ4v) is 2.32. The van der Waals surface area contributed by atoms with Gasteiger partial charge in [-0.1, -0.05) is 23.2 Å². The number of hydrogen-bond donors (Lipinski definition) is 1. The first kappa shape index (κ1) is 13.8. The number of nitrogens with zero attached hydrogens (tertiary/aromatic N) is 4. The van der Waals surface area contributed by atoms with Crippen LogP contribution in [0.1, 0.15) is 0 Å². The van der Waals surface area contributed by atoms with Crippen LogP contribution in [0.25, 0.3) is 23.0 Å². The van der Waals surface area contributed by atoms with E-state index in [0.29, 0.717) is 33.1 Å². The molecular weight excluding hydrogens is 313 g/mol. The van der Waals surface area contributed by atoms with Gasteiger partial charge in [0, 0.05) is 19.3 Å². The Hall–Kier alpha value is -2.18. The normalized spacial score (nSPS) is 10.8. The van der Waals surface area contributed by atoms with E-state index in [4.69, 9.17) is 23.2 Å². The fraction of sp³-hybridized carbons (Fsp3) is 0.0769. The van der Waals surface area contributed by atoms with Crippen LogP contribution >= 0.6 is 23.2 Å². The molecule has 1 N–H and O–H groups in total. The quantitative estimate of drug-likeness (QED) is 0.786. The van der Waals surface area contributed by atoms with Crippen LogP contribution in [0.2, 0.25) is 10.0 Å². The zero-order valence-corrected chi connectivity index (χ0v) is 12.4. The van der Waals surface area contributed by atoms with Gasteiger partial charge in [0.05, 0.1) is 10.0 Å². The van der Waals surface area contributed by atoms with E-state index in [9.17, 15) is 4.79 Å². The fourth-order valence-electron chi connectivity index (χ4n) is 1.92. The van der Waals surface area contributed by atoms with Crippen molar-refractivity contribution in [2.75, 3.05) is 0 Å². The molecule has 106 valence electrons. The molecule has 0 atom stereocenters. The molecule has 0 saturated carbocycles. The third kappa shape index (κ3) is 2.43. The molecule has 21 heavy (non-hydrogen) atoms. The number of rotatable bonds is 2. The second kappa shape index (κ2) is 5.31. The molecule has 0 aromatic carbocycles. The summed E-state index contributed by atoms with van der Waals surface area (Å²) in [7, 11) is 1.75. The Bertz CT molecular complexity index is 871. The van der Waals surface area contributed by atoms with Gasteiger partial charge in [-0.05, 0) is 18.2 Å². The molecule has 8 heteroatoms. The maximum absolute atomic E-state index is 11.5. The number of H-pyrrole nitrogens is 1. The maximum atomic E-state index is 11.5. The number of nitrogens with one attached hydrogen (secondary N) is 1. The maximum Gasteiger partial charge on any atom is 0.248 e. The standard InChI is InChI=1S/C13H9Cl2N5O/c1-20-12(10-7(14)3-2-6-16-10)18-19-13(20)11-8(15)4-5-9(21)17-11/h2-6H,1H3,(H,17,21). The molecule has 0 unspecified atom stereocenters. The lowest BCUT2D eigenvalue weighted by Crippen LogP contribution is -2.07. The Morgan fingerprint density at radius 1 is 1.10 bits per heavy atom. The monoisotopic (exact) mass is 321 g/mol. The van der Waals surface area contributed by atoms with Crippen molar-refractivity contribution in [2.24, 2.45) is 7.05 Å². The molecule has 0 aliphatic heterocycles. The Morgan fingerprint density at radius 3 is 2.62 bits per heavy atom. The van der Waals surface area contributed by atoms with Crippen LogP contribution < -0.4 is 5.56 Å². The van der Waals surface area contributed by atoms with Crippen molar-refractivity contribution in [1.82, 2.24) is 24.7 Å². The van der Waals surface area contributed by atoms with Crippen molar-refractivity contribution in [3.05, 3.63) is 50.9 Å². The van der Waals surface area contributed by atoms with Gasteiger partial charge in [0.15, 0.2) is 11.6 Å². The summed E-state index contributed by atoms with van der Waals surface area (Å²) in [5.41, 5.74) is 0.641. The second-order valence-electron chi connectivity index (χ2n) is 4.29. The molecule has 0 bridgehead atoms. The number of pyridine rings is 2. The molecular formula is C13H9Cl2N5O. The second-order valence-corrected chi connectivity index (χ2v) is 5.10. The average Bonchev–Trinajstić information content (AvgIpc) is 2.84. The number of halogens is 2. The lowest BCUT2D eigenvalue weighted by Gasteiger charge is -2.05. The topological polar surface area (TPSA) is 76.5 Å². The molecule has 0 spiro atoms. The lowest BCUT2D eigenvalue weighted by molar-refractivity contribution is 0.916.